The molecular weight excluding hydrogens is 458 g/mol. The summed E-state index contributed by atoms with van der Waals surface area (Å²) < 4.78 is 36.5. The molecule has 0 aliphatic carbocycles. The van der Waals surface area contributed by atoms with Crippen LogP contribution in [0.3, 0.4) is 0 Å². The van der Waals surface area contributed by atoms with Crippen LogP contribution in [-0.4, -0.2) is 65.7 Å². The first-order valence-corrected chi connectivity index (χ1v) is 12.4. The first-order chi connectivity index (χ1) is 15.9. The predicted molar refractivity (Wildman–Crippen MR) is 130 cm³/mol. The molecule has 1 atom stereocenters. The third-order valence-electron chi connectivity index (χ3n) is 5.82. The summed E-state index contributed by atoms with van der Waals surface area (Å²) in [6.45, 7) is 3.54. The number of hydrogen-bond acceptors (Lipinski definition) is 7. The summed E-state index contributed by atoms with van der Waals surface area (Å²) in [5.41, 5.74) is 0.541. The zero-order valence-corrected chi connectivity index (χ0v) is 21.1. The summed E-state index contributed by atoms with van der Waals surface area (Å²) in [6, 6.07) is 11.5. The molecule has 1 heterocycles. The second-order valence-corrected chi connectivity index (χ2v) is 10.9. The molecular formula is C24H31N3O6S. The predicted octanol–water partition coefficient (Wildman–Crippen LogP) is 2.44. The van der Waals surface area contributed by atoms with Gasteiger partial charge in [-0.15, -0.1) is 0 Å². The van der Waals surface area contributed by atoms with Crippen molar-refractivity contribution in [1.29, 1.82) is 0 Å². The van der Waals surface area contributed by atoms with E-state index in [1.54, 1.807) is 28.1 Å². The molecule has 1 saturated heterocycles. The molecule has 1 aliphatic heterocycles. The Balaban J connectivity index is 1.74. The monoisotopic (exact) mass is 489 g/mol. The van der Waals surface area contributed by atoms with Gasteiger partial charge in [-0.3, -0.25) is 9.59 Å². The Bertz CT molecular complexity index is 1180. The number of nitrogens with zero attached hydrogens (tertiary/aromatic N) is 2. The van der Waals surface area contributed by atoms with Crippen LogP contribution in [0.5, 0.6) is 11.5 Å². The van der Waals surface area contributed by atoms with Crippen molar-refractivity contribution in [1.82, 2.24) is 10.2 Å². The fourth-order valence-electron chi connectivity index (χ4n) is 3.96. The molecule has 0 radical (unpaired) electrons. The molecule has 1 unspecified atom stereocenters. The number of ether oxygens (including phenoxy) is 2. The molecule has 2 amide bonds. The second kappa shape index (κ2) is 9.63. The number of rotatable bonds is 8. The number of benzene rings is 2. The summed E-state index contributed by atoms with van der Waals surface area (Å²) >= 11 is 0. The third-order valence-corrected chi connectivity index (χ3v) is 7.84. The van der Waals surface area contributed by atoms with Crippen LogP contribution in [-0.2, 0) is 14.8 Å². The van der Waals surface area contributed by atoms with Gasteiger partial charge in [0.1, 0.15) is 0 Å². The van der Waals surface area contributed by atoms with Crippen molar-refractivity contribution in [2.24, 2.45) is 5.41 Å². The van der Waals surface area contributed by atoms with Crippen LogP contribution < -0.4 is 19.1 Å². The van der Waals surface area contributed by atoms with Crippen molar-refractivity contribution in [3.63, 3.8) is 0 Å². The lowest BCUT2D eigenvalue weighted by atomic mass is 9.95. The minimum absolute atomic E-state index is 0.127. The van der Waals surface area contributed by atoms with Gasteiger partial charge in [-0.25, -0.2) is 12.7 Å². The zero-order chi connectivity index (χ0) is 25.3. The molecule has 1 N–H and O–H groups in total. The lowest BCUT2D eigenvalue weighted by Gasteiger charge is -2.26. The van der Waals surface area contributed by atoms with Gasteiger partial charge < -0.3 is 19.7 Å². The smallest absolute Gasteiger partial charge is 0.251 e. The van der Waals surface area contributed by atoms with Gasteiger partial charge >= 0.3 is 0 Å². The van der Waals surface area contributed by atoms with Gasteiger partial charge in [-0.05, 0) is 69.9 Å². The average Bonchev–Trinajstić information content (AvgIpc) is 2.95. The number of carbonyl (C=O) groups is 2. The number of methoxy groups -OCH3 is 2. The zero-order valence-electron chi connectivity index (χ0n) is 20.3. The van der Waals surface area contributed by atoms with Crippen molar-refractivity contribution in [2.75, 3.05) is 44.9 Å². The highest BCUT2D eigenvalue weighted by molar-refractivity contribution is 7.94. The van der Waals surface area contributed by atoms with Crippen LogP contribution in [0.1, 0.15) is 35.8 Å². The first kappa shape index (κ1) is 25.5. The standard InChI is InChI=1S/C24H31N3O6S/c1-24(2)15-34(30,31)27(23(24)29)18-10-7-16(8-11-18)22(28)25-14-19(26(3)4)17-9-12-20(32-5)21(13-17)33-6/h7-13,19H,14-15H2,1-6H3,(H,25,28). The molecule has 1 aliphatic rings. The van der Waals surface area contributed by atoms with Crippen molar-refractivity contribution >= 4 is 27.5 Å². The Labute approximate surface area is 200 Å². The highest BCUT2D eigenvalue weighted by Crippen LogP contribution is 2.36. The van der Waals surface area contributed by atoms with Gasteiger partial charge in [0.25, 0.3) is 5.91 Å². The number of likely N-dealkylation sites (N-methyl/N-ethyl adjacent to an activating group) is 1. The van der Waals surface area contributed by atoms with Gasteiger partial charge in [0.05, 0.1) is 37.1 Å². The van der Waals surface area contributed by atoms with E-state index in [0.717, 1.165) is 9.87 Å². The average molecular weight is 490 g/mol. The minimum atomic E-state index is -3.74. The van der Waals surface area contributed by atoms with Gasteiger partial charge in [0, 0.05) is 12.1 Å². The number of sulfonamides is 1. The Morgan fingerprint density at radius 2 is 1.71 bits per heavy atom. The molecule has 9 nitrogen and oxygen atoms in total. The number of hydrogen-bond donors (Lipinski definition) is 1. The van der Waals surface area contributed by atoms with E-state index in [1.807, 2.05) is 37.2 Å². The molecule has 2 aromatic carbocycles. The quantitative estimate of drug-likeness (QED) is 0.607. The van der Waals surface area contributed by atoms with E-state index in [0.29, 0.717) is 23.6 Å². The van der Waals surface area contributed by atoms with Crippen molar-refractivity contribution in [2.45, 2.75) is 19.9 Å². The Morgan fingerprint density at radius 1 is 1.09 bits per heavy atom. The fraction of sp³-hybridized carbons (Fsp3) is 0.417. The Hall–Kier alpha value is -3.11. The molecule has 0 saturated carbocycles. The first-order valence-electron chi connectivity index (χ1n) is 10.8. The van der Waals surface area contributed by atoms with E-state index >= 15 is 0 Å². The molecule has 34 heavy (non-hydrogen) atoms. The molecule has 184 valence electrons. The van der Waals surface area contributed by atoms with Crippen molar-refractivity contribution in [3.05, 3.63) is 53.6 Å². The van der Waals surface area contributed by atoms with Crippen LogP contribution in [0.2, 0.25) is 0 Å². The molecule has 10 heteroatoms. The molecule has 1 fully saturated rings. The van der Waals surface area contributed by atoms with E-state index in [9.17, 15) is 18.0 Å². The maximum absolute atomic E-state index is 12.8. The highest BCUT2D eigenvalue weighted by atomic mass is 32.2. The van der Waals surface area contributed by atoms with Crippen LogP contribution in [0.15, 0.2) is 42.5 Å². The summed E-state index contributed by atoms with van der Waals surface area (Å²) in [5.74, 6) is 0.185. The van der Waals surface area contributed by atoms with E-state index < -0.39 is 21.3 Å². The topological polar surface area (TPSA) is 105 Å². The van der Waals surface area contributed by atoms with Gasteiger partial charge in [0.2, 0.25) is 15.9 Å². The Kier molecular flexibility index (Phi) is 7.23. The lowest BCUT2D eigenvalue weighted by Crippen LogP contribution is -2.35. The van der Waals surface area contributed by atoms with Crippen molar-refractivity contribution in [3.8, 4) is 11.5 Å². The summed E-state index contributed by atoms with van der Waals surface area (Å²) in [7, 11) is 3.22. The van der Waals surface area contributed by atoms with Crippen LogP contribution >= 0.6 is 0 Å². The van der Waals surface area contributed by atoms with E-state index in [2.05, 4.69) is 5.32 Å². The second-order valence-electron chi connectivity index (χ2n) is 9.06. The Morgan fingerprint density at radius 3 is 2.21 bits per heavy atom. The maximum atomic E-state index is 12.8. The van der Waals surface area contributed by atoms with Gasteiger partial charge in [-0.1, -0.05) is 6.07 Å². The van der Waals surface area contributed by atoms with Crippen LogP contribution in [0, 0.1) is 5.41 Å². The normalized spacial score (nSPS) is 17.5. The maximum Gasteiger partial charge on any atom is 0.251 e. The number of amides is 2. The number of carbonyl (C=O) groups excluding carboxylic acids is 2. The van der Waals surface area contributed by atoms with Gasteiger partial charge in [0.15, 0.2) is 11.5 Å². The molecule has 0 aromatic heterocycles. The lowest BCUT2D eigenvalue weighted by molar-refractivity contribution is -0.123. The van der Waals surface area contributed by atoms with Gasteiger partial charge in [-0.2, -0.15) is 0 Å². The summed E-state index contributed by atoms with van der Waals surface area (Å²) in [6.07, 6.45) is 0. The third kappa shape index (κ3) is 5.02. The summed E-state index contributed by atoms with van der Waals surface area (Å²) in [4.78, 5) is 27.3. The van der Waals surface area contributed by atoms with E-state index in [1.165, 1.54) is 24.3 Å². The summed E-state index contributed by atoms with van der Waals surface area (Å²) in [5, 5.41) is 2.92. The van der Waals surface area contributed by atoms with Crippen LogP contribution in [0.25, 0.3) is 0 Å². The number of nitrogens with one attached hydrogen (secondary N) is 1. The molecule has 0 spiro atoms. The van der Waals surface area contributed by atoms with E-state index in [4.69, 9.17) is 9.47 Å². The molecule has 0 bridgehead atoms. The fourth-order valence-corrected chi connectivity index (χ4v) is 6.07. The van der Waals surface area contributed by atoms with Crippen LogP contribution in [0.4, 0.5) is 5.69 Å². The largest absolute Gasteiger partial charge is 0.493 e. The SMILES string of the molecule is COc1ccc(C(CNC(=O)c2ccc(N3C(=O)C(C)(C)CS3(=O)=O)cc2)N(C)C)cc1OC. The molecule has 2 aromatic rings. The van der Waals surface area contributed by atoms with Crippen molar-refractivity contribution < 1.29 is 27.5 Å². The number of anilines is 1. The minimum Gasteiger partial charge on any atom is -0.493 e. The van der Waals surface area contributed by atoms with E-state index in [-0.39, 0.29) is 23.4 Å². The highest BCUT2D eigenvalue weighted by Gasteiger charge is 2.49. The molecule has 3 rings (SSSR count).